The van der Waals surface area contributed by atoms with Crippen LogP contribution in [-0.4, -0.2) is 22.1 Å². The van der Waals surface area contributed by atoms with Gasteiger partial charge in [0.1, 0.15) is 6.04 Å². The van der Waals surface area contributed by atoms with Gasteiger partial charge in [0.2, 0.25) is 17.7 Å². The lowest BCUT2D eigenvalue weighted by Gasteiger charge is -2.23. The summed E-state index contributed by atoms with van der Waals surface area (Å²) in [7, 11) is 0. The molecule has 6 heteroatoms. The standard InChI is InChI=1S/C20H20N4O2/c1-13-6-2-3-7-14(13)11-18-22-23-19(26-18)12-24-16-9-5-4-8-15(16)10-17(24)20(21)25/h2-9,17H,10-12H2,1H3,(H2,21,25)/t17-/m0/s1. The Balaban J connectivity index is 1.55. The van der Waals surface area contributed by atoms with E-state index >= 15 is 0 Å². The zero-order valence-corrected chi connectivity index (χ0v) is 14.6. The van der Waals surface area contributed by atoms with Gasteiger partial charge in [0.05, 0.1) is 13.0 Å². The largest absolute Gasteiger partial charge is 0.423 e. The molecule has 26 heavy (non-hydrogen) atoms. The molecule has 0 unspecified atom stereocenters. The van der Waals surface area contributed by atoms with Crippen molar-refractivity contribution in [3.63, 3.8) is 0 Å². The first-order chi connectivity index (χ1) is 12.6. The first kappa shape index (κ1) is 16.3. The van der Waals surface area contributed by atoms with Crippen LogP contribution in [0.4, 0.5) is 5.69 Å². The fourth-order valence-electron chi connectivity index (χ4n) is 3.44. The molecule has 0 bridgehead atoms. The van der Waals surface area contributed by atoms with Gasteiger partial charge < -0.3 is 15.1 Å². The summed E-state index contributed by atoms with van der Waals surface area (Å²) < 4.78 is 5.83. The minimum absolute atomic E-state index is 0.346. The zero-order chi connectivity index (χ0) is 18.1. The van der Waals surface area contributed by atoms with Gasteiger partial charge in [-0.3, -0.25) is 4.79 Å². The number of hydrogen-bond acceptors (Lipinski definition) is 5. The molecule has 0 saturated carbocycles. The van der Waals surface area contributed by atoms with E-state index in [1.54, 1.807) is 0 Å². The Kier molecular flexibility index (Phi) is 4.16. The predicted octanol–water partition coefficient (Wildman–Crippen LogP) is 2.39. The lowest BCUT2D eigenvalue weighted by molar-refractivity contribution is -0.119. The van der Waals surface area contributed by atoms with E-state index in [0.29, 0.717) is 31.2 Å². The zero-order valence-electron chi connectivity index (χ0n) is 14.6. The summed E-state index contributed by atoms with van der Waals surface area (Å²) in [6.07, 6.45) is 1.20. The molecule has 0 spiro atoms. The number of rotatable bonds is 5. The minimum Gasteiger partial charge on any atom is -0.423 e. The number of fused-ring (bicyclic) bond motifs is 1. The number of carbonyl (C=O) groups is 1. The van der Waals surface area contributed by atoms with E-state index < -0.39 is 0 Å². The smallest absolute Gasteiger partial charge is 0.240 e. The molecule has 2 N–H and O–H groups in total. The summed E-state index contributed by atoms with van der Waals surface area (Å²) >= 11 is 0. The van der Waals surface area contributed by atoms with E-state index in [4.69, 9.17) is 10.2 Å². The fourth-order valence-corrected chi connectivity index (χ4v) is 3.44. The van der Waals surface area contributed by atoms with Crippen LogP contribution in [0, 0.1) is 6.92 Å². The van der Waals surface area contributed by atoms with Crippen molar-refractivity contribution in [2.24, 2.45) is 5.73 Å². The maximum atomic E-state index is 11.9. The van der Waals surface area contributed by atoms with Crippen LogP contribution >= 0.6 is 0 Å². The minimum atomic E-state index is -0.390. The highest BCUT2D eigenvalue weighted by Gasteiger charge is 2.33. The summed E-state index contributed by atoms with van der Waals surface area (Å²) in [5, 5.41) is 8.32. The van der Waals surface area contributed by atoms with Gasteiger partial charge in [-0.25, -0.2) is 0 Å². The van der Waals surface area contributed by atoms with Crippen LogP contribution in [0.15, 0.2) is 52.9 Å². The third-order valence-electron chi connectivity index (χ3n) is 4.84. The van der Waals surface area contributed by atoms with Crippen LogP contribution in [0.2, 0.25) is 0 Å². The van der Waals surface area contributed by atoms with E-state index in [-0.39, 0.29) is 11.9 Å². The number of carbonyl (C=O) groups excluding carboxylic acids is 1. The average Bonchev–Trinajstić information content (AvgIpc) is 3.22. The molecular weight excluding hydrogens is 328 g/mol. The third kappa shape index (κ3) is 3.06. The van der Waals surface area contributed by atoms with Crippen molar-refractivity contribution >= 4 is 11.6 Å². The summed E-state index contributed by atoms with van der Waals surface area (Å²) in [4.78, 5) is 13.8. The van der Waals surface area contributed by atoms with Crippen molar-refractivity contribution < 1.29 is 9.21 Å². The van der Waals surface area contributed by atoms with Gasteiger partial charge in [0, 0.05) is 12.1 Å². The lowest BCUT2D eigenvalue weighted by Crippen LogP contribution is -2.42. The van der Waals surface area contributed by atoms with E-state index in [1.807, 2.05) is 41.3 Å². The van der Waals surface area contributed by atoms with Crippen molar-refractivity contribution in [1.82, 2.24) is 10.2 Å². The highest BCUT2D eigenvalue weighted by atomic mass is 16.4. The van der Waals surface area contributed by atoms with Gasteiger partial charge in [-0.2, -0.15) is 0 Å². The number of aryl methyl sites for hydroxylation is 1. The number of anilines is 1. The number of aromatic nitrogens is 2. The molecule has 6 nitrogen and oxygen atoms in total. The maximum Gasteiger partial charge on any atom is 0.240 e. The average molecular weight is 348 g/mol. The molecule has 0 saturated heterocycles. The van der Waals surface area contributed by atoms with Gasteiger partial charge in [-0.05, 0) is 29.7 Å². The molecule has 3 aromatic rings. The quantitative estimate of drug-likeness (QED) is 0.765. The molecule has 1 aromatic heterocycles. The highest BCUT2D eigenvalue weighted by molar-refractivity contribution is 5.86. The Morgan fingerprint density at radius 2 is 1.88 bits per heavy atom. The van der Waals surface area contributed by atoms with Crippen molar-refractivity contribution in [2.45, 2.75) is 32.4 Å². The SMILES string of the molecule is Cc1ccccc1Cc1nnc(CN2c3ccccc3C[C@H]2C(N)=O)o1. The van der Waals surface area contributed by atoms with Gasteiger partial charge in [0.25, 0.3) is 0 Å². The van der Waals surface area contributed by atoms with Gasteiger partial charge in [-0.15, -0.1) is 10.2 Å². The second-order valence-electron chi connectivity index (χ2n) is 6.57. The van der Waals surface area contributed by atoms with Crippen molar-refractivity contribution in [3.05, 3.63) is 77.0 Å². The van der Waals surface area contributed by atoms with E-state index in [9.17, 15) is 4.79 Å². The molecule has 1 amide bonds. The molecule has 0 aliphatic carbocycles. The van der Waals surface area contributed by atoms with E-state index in [0.717, 1.165) is 16.8 Å². The van der Waals surface area contributed by atoms with Crippen LogP contribution < -0.4 is 10.6 Å². The third-order valence-corrected chi connectivity index (χ3v) is 4.84. The Hall–Kier alpha value is -3.15. The maximum absolute atomic E-state index is 11.9. The first-order valence-electron chi connectivity index (χ1n) is 8.61. The molecule has 0 fully saturated rings. The summed E-state index contributed by atoms with van der Waals surface area (Å²) in [5.41, 5.74) is 10.0. The summed E-state index contributed by atoms with van der Waals surface area (Å²) in [5.74, 6) is 0.704. The van der Waals surface area contributed by atoms with Gasteiger partial charge in [0.15, 0.2) is 0 Å². The number of hydrogen-bond donors (Lipinski definition) is 1. The first-order valence-corrected chi connectivity index (χ1v) is 8.61. The molecule has 132 valence electrons. The van der Waals surface area contributed by atoms with Crippen LogP contribution in [0.3, 0.4) is 0 Å². The van der Waals surface area contributed by atoms with Crippen LogP contribution in [0.5, 0.6) is 0 Å². The normalized spacial score (nSPS) is 15.9. The molecule has 1 atom stereocenters. The molecular formula is C20H20N4O2. The molecule has 0 radical (unpaired) electrons. The predicted molar refractivity (Wildman–Crippen MR) is 97.6 cm³/mol. The lowest BCUT2D eigenvalue weighted by atomic mass is 10.1. The van der Waals surface area contributed by atoms with Crippen molar-refractivity contribution in [1.29, 1.82) is 0 Å². The Morgan fingerprint density at radius 1 is 1.15 bits per heavy atom. The van der Waals surface area contributed by atoms with Gasteiger partial charge in [-0.1, -0.05) is 42.5 Å². The van der Waals surface area contributed by atoms with Gasteiger partial charge >= 0.3 is 0 Å². The Labute approximate surface area is 151 Å². The number of nitrogens with zero attached hydrogens (tertiary/aromatic N) is 3. The van der Waals surface area contributed by atoms with Crippen molar-refractivity contribution in [2.75, 3.05) is 4.90 Å². The molecule has 1 aliphatic rings. The highest BCUT2D eigenvalue weighted by Crippen LogP contribution is 2.33. The fraction of sp³-hybridized carbons (Fsp3) is 0.250. The number of amides is 1. The number of benzene rings is 2. The monoisotopic (exact) mass is 348 g/mol. The topological polar surface area (TPSA) is 85.3 Å². The van der Waals surface area contributed by atoms with Crippen molar-refractivity contribution in [3.8, 4) is 0 Å². The van der Waals surface area contributed by atoms with E-state index in [1.165, 1.54) is 5.56 Å². The molecule has 1 aliphatic heterocycles. The summed E-state index contributed by atoms with van der Waals surface area (Å²) in [6, 6.07) is 15.7. The molecule has 4 rings (SSSR count). The number of para-hydroxylation sites is 1. The van der Waals surface area contributed by atoms with Crippen LogP contribution in [0.1, 0.15) is 28.5 Å². The number of nitrogens with two attached hydrogens (primary N) is 1. The summed E-state index contributed by atoms with van der Waals surface area (Å²) in [6.45, 7) is 2.43. The van der Waals surface area contributed by atoms with E-state index in [2.05, 4.69) is 29.3 Å². The number of primary amides is 1. The second-order valence-corrected chi connectivity index (χ2v) is 6.57. The van der Waals surface area contributed by atoms with Crippen LogP contribution in [-0.2, 0) is 24.2 Å². The molecule has 2 heterocycles. The molecule has 2 aromatic carbocycles. The Bertz CT molecular complexity index is 950. The second kappa shape index (κ2) is 6.63. The Morgan fingerprint density at radius 3 is 2.69 bits per heavy atom. The van der Waals surface area contributed by atoms with Crippen LogP contribution in [0.25, 0.3) is 0 Å².